The third-order valence-corrected chi connectivity index (χ3v) is 3.92. The highest BCUT2D eigenvalue weighted by Gasteiger charge is 2.20. The predicted molar refractivity (Wildman–Crippen MR) is 73.4 cm³/mol. The van der Waals surface area contributed by atoms with Crippen LogP contribution in [0.4, 0.5) is 0 Å². The van der Waals surface area contributed by atoms with E-state index in [-0.39, 0.29) is 17.0 Å². The fraction of sp³-hybridized carbons (Fsp3) is 0.462. The fourth-order valence-corrected chi connectivity index (χ4v) is 2.76. The lowest BCUT2D eigenvalue weighted by molar-refractivity contribution is -0.130. The Hall–Kier alpha value is -1.46. The molecule has 0 bridgehead atoms. The third-order valence-electron chi connectivity index (χ3n) is 2.44. The van der Waals surface area contributed by atoms with E-state index in [0.29, 0.717) is 13.2 Å². The normalized spacial score (nSPS) is 11.5. The summed E-state index contributed by atoms with van der Waals surface area (Å²) in [6, 6.07) is 7.88. The second-order valence-corrected chi connectivity index (χ2v) is 5.54. The second kappa shape index (κ2) is 7.97. The fourth-order valence-electron chi connectivity index (χ4n) is 1.59. The Morgan fingerprint density at radius 3 is 2.40 bits per heavy atom. The van der Waals surface area contributed by atoms with Gasteiger partial charge in [-0.3, -0.25) is 0 Å². The minimum atomic E-state index is -3.77. The average Bonchev–Trinajstić information content (AvgIpc) is 2.45. The Morgan fingerprint density at radius 1 is 1.25 bits per heavy atom. The molecule has 6 nitrogen and oxygen atoms in total. The second-order valence-electron chi connectivity index (χ2n) is 3.80. The van der Waals surface area contributed by atoms with Gasteiger partial charge < -0.3 is 9.47 Å². The summed E-state index contributed by atoms with van der Waals surface area (Å²) in [5.41, 5.74) is 0.101. The molecule has 0 aliphatic rings. The van der Waals surface area contributed by atoms with Gasteiger partial charge in [0.25, 0.3) is 0 Å². The van der Waals surface area contributed by atoms with Crippen molar-refractivity contribution in [2.45, 2.75) is 25.0 Å². The summed E-state index contributed by atoms with van der Waals surface area (Å²) >= 11 is 0. The van der Waals surface area contributed by atoms with E-state index in [9.17, 15) is 8.42 Å². The lowest BCUT2D eigenvalue weighted by Gasteiger charge is -2.17. The number of ether oxygens (including phenoxy) is 2. The summed E-state index contributed by atoms with van der Waals surface area (Å²) in [7, 11) is -3.77. The van der Waals surface area contributed by atoms with Gasteiger partial charge in [-0.1, -0.05) is 12.1 Å². The van der Waals surface area contributed by atoms with Crippen LogP contribution >= 0.6 is 0 Å². The van der Waals surface area contributed by atoms with Gasteiger partial charge in [0, 0.05) is 13.2 Å². The van der Waals surface area contributed by atoms with Crippen LogP contribution in [0.25, 0.3) is 0 Å². The number of hydrogen-bond donors (Lipinski definition) is 1. The first-order valence-corrected chi connectivity index (χ1v) is 7.75. The molecule has 0 radical (unpaired) electrons. The van der Waals surface area contributed by atoms with E-state index in [0.717, 1.165) is 0 Å². The zero-order valence-electron chi connectivity index (χ0n) is 11.5. The largest absolute Gasteiger partial charge is 0.352 e. The van der Waals surface area contributed by atoms with Gasteiger partial charge in [0.15, 0.2) is 6.29 Å². The topological polar surface area (TPSA) is 88.4 Å². The summed E-state index contributed by atoms with van der Waals surface area (Å²) in [4.78, 5) is -0.0470. The van der Waals surface area contributed by atoms with Crippen LogP contribution in [0.1, 0.15) is 19.4 Å². The molecule has 0 saturated heterocycles. The van der Waals surface area contributed by atoms with Crippen molar-refractivity contribution in [1.82, 2.24) is 4.72 Å². The van der Waals surface area contributed by atoms with Gasteiger partial charge >= 0.3 is 0 Å². The lowest BCUT2D eigenvalue weighted by Crippen LogP contribution is -2.35. The van der Waals surface area contributed by atoms with Crippen LogP contribution < -0.4 is 4.72 Å². The van der Waals surface area contributed by atoms with E-state index in [4.69, 9.17) is 14.7 Å². The van der Waals surface area contributed by atoms with Gasteiger partial charge in [-0.15, -0.1) is 0 Å². The average molecular weight is 298 g/mol. The molecular formula is C13H18N2O4S. The third kappa shape index (κ3) is 4.58. The number of rotatable bonds is 8. The number of sulfonamides is 1. The molecule has 20 heavy (non-hydrogen) atoms. The summed E-state index contributed by atoms with van der Waals surface area (Å²) in [5, 5.41) is 8.94. The summed E-state index contributed by atoms with van der Waals surface area (Å²) in [5.74, 6) is 0. The minimum absolute atomic E-state index is 0.0101. The summed E-state index contributed by atoms with van der Waals surface area (Å²) in [6.45, 7) is 4.42. The predicted octanol–water partition coefficient (Wildman–Crippen LogP) is 1.24. The molecule has 0 atom stereocenters. The number of benzene rings is 1. The molecule has 0 fully saturated rings. The van der Waals surface area contributed by atoms with E-state index in [2.05, 4.69) is 4.72 Å². The van der Waals surface area contributed by atoms with Crippen LogP contribution in [-0.4, -0.2) is 34.5 Å². The van der Waals surface area contributed by atoms with Gasteiger partial charge in [0.2, 0.25) is 10.0 Å². The van der Waals surface area contributed by atoms with Gasteiger partial charge in [0.1, 0.15) is 6.07 Å². The minimum Gasteiger partial charge on any atom is -0.352 e. The summed E-state index contributed by atoms with van der Waals surface area (Å²) in [6.07, 6.45) is -0.644. The Balaban J connectivity index is 2.82. The quantitative estimate of drug-likeness (QED) is 0.729. The molecule has 0 amide bonds. The van der Waals surface area contributed by atoms with Gasteiger partial charge in [0.05, 0.1) is 17.0 Å². The molecule has 7 heteroatoms. The molecule has 0 saturated carbocycles. The van der Waals surface area contributed by atoms with E-state index >= 15 is 0 Å². The van der Waals surface area contributed by atoms with Crippen molar-refractivity contribution in [1.29, 1.82) is 5.26 Å². The smallest absolute Gasteiger partial charge is 0.242 e. The monoisotopic (exact) mass is 298 g/mol. The number of hydrogen-bond acceptors (Lipinski definition) is 5. The molecular weight excluding hydrogens is 280 g/mol. The molecule has 0 unspecified atom stereocenters. The van der Waals surface area contributed by atoms with Gasteiger partial charge in [-0.25, -0.2) is 13.1 Å². The molecule has 0 aliphatic heterocycles. The number of nitrogens with one attached hydrogen (secondary N) is 1. The van der Waals surface area contributed by atoms with Crippen LogP contribution in [0, 0.1) is 11.3 Å². The van der Waals surface area contributed by atoms with Gasteiger partial charge in [-0.05, 0) is 26.0 Å². The molecule has 1 rings (SSSR count). The van der Waals surface area contributed by atoms with Crippen molar-refractivity contribution in [2.24, 2.45) is 0 Å². The molecule has 1 N–H and O–H groups in total. The van der Waals surface area contributed by atoms with Crippen LogP contribution in [0.5, 0.6) is 0 Å². The zero-order valence-corrected chi connectivity index (χ0v) is 12.3. The summed E-state index contributed by atoms with van der Waals surface area (Å²) < 4.78 is 37.2. The highest BCUT2D eigenvalue weighted by molar-refractivity contribution is 7.89. The molecule has 0 heterocycles. The van der Waals surface area contributed by atoms with E-state index in [1.807, 2.05) is 6.07 Å². The maximum atomic E-state index is 12.2. The maximum Gasteiger partial charge on any atom is 0.242 e. The molecule has 1 aromatic carbocycles. The van der Waals surface area contributed by atoms with Crippen LogP contribution in [0.15, 0.2) is 29.2 Å². The standard InChI is InChI=1S/C13H18N2O4S/c1-3-18-13(19-4-2)10-15-20(16,17)12-8-6-5-7-11(12)9-14/h5-8,13,15H,3-4,10H2,1-2H3. The number of nitriles is 1. The first kappa shape index (κ1) is 16.6. The SMILES string of the molecule is CCOC(CNS(=O)(=O)c1ccccc1C#N)OCC. The van der Waals surface area contributed by atoms with Crippen LogP contribution in [0.3, 0.4) is 0 Å². The molecule has 1 aromatic rings. The number of nitrogens with zero attached hydrogens (tertiary/aromatic N) is 1. The molecule has 0 spiro atoms. The van der Waals surface area contributed by atoms with Crippen molar-refractivity contribution < 1.29 is 17.9 Å². The highest BCUT2D eigenvalue weighted by Crippen LogP contribution is 2.14. The molecule has 110 valence electrons. The first-order chi connectivity index (χ1) is 9.55. The maximum absolute atomic E-state index is 12.2. The van der Waals surface area contributed by atoms with Gasteiger partial charge in [-0.2, -0.15) is 5.26 Å². The lowest BCUT2D eigenvalue weighted by atomic mass is 10.2. The van der Waals surface area contributed by atoms with Crippen molar-refractivity contribution in [3.8, 4) is 6.07 Å². The zero-order chi connectivity index (χ0) is 15.0. The van der Waals surface area contributed by atoms with Crippen molar-refractivity contribution in [3.05, 3.63) is 29.8 Å². The Bertz CT molecular complexity index is 560. The van der Waals surface area contributed by atoms with Crippen molar-refractivity contribution >= 4 is 10.0 Å². The highest BCUT2D eigenvalue weighted by atomic mass is 32.2. The Labute approximate surface area is 119 Å². The molecule has 0 aliphatic carbocycles. The van der Waals surface area contributed by atoms with Crippen LogP contribution in [-0.2, 0) is 19.5 Å². The van der Waals surface area contributed by atoms with Crippen molar-refractivity contribution in [3.63, 3.8) is 0 Å². The first-order valence-electron chi connectivity index (χ1n) is 6.27. The Kier molecular flexibility index (Phi) is 6.61. The Morgan fingerprint density at radius 2 is 1.85 bits per heavy atom. The van der Waals surface area contributed by atoms with E-state index in [1.165, 1.54) is 12.1 Å². The van der Waals surface area contributed by atoms with Crippen LogP contribution in [0.2, 0.25) is 0 Å². The van der Waals surface area contributed by atoms with Crippen molar-refractivity contribution in [2.75, 3.05) is 19.8 Å². The molecule has 0 aromatic heterocycles. The van der Waals surface area contributed by atoms with E-state index in [1.54, 1.807) is 26.0 Å². The van der Waals surface area contributed by atoms with E-state index < -0.39 is 16.3 Å².